The molecule has 0 unspecified atom stereocenters. The average Bonchev–Trinajstić information content (AvgIpc) is 3.55. The first-order valence-electron chi connectivity index (χ1n) is 13.5. The molecule has 0 radical (unpaired) electrons. The Hall–Kier alpha value is -5.15. The fourth-order valence-electron chi connectivity index (χ4n) is 5.04. The number of para-hydroxylation sites is 1. The molecule has 43 heavy (non-hydrogen) atoms. The Balaban J connectivity index is 1.38. The van der Waals surface area contributed by atoms with E-state index in [4.69, 9.17) is 30.5 Å². The van der Waals surface area contributed by atoms with Crippen molar-refractivity contribution in [3.05, 3.63) is 111 Å². The number of furan rings is 1. The van der Waals surface area contributed by atoms with Gasteiger partial charge in [-0.3, -0.25) is 4.79 Å². The van der Waals surface area contributed by atoms with E-state index in [-0.39, 0.29) is 11.4 Å². The van der Waals surface area contributed by atoms with Gasteiger partial charge in [-0.25, -0.2) is 9.78 Å². The zero-order valence-electron chi connectivity index (χ0n) is 23.9. The van der Waals surface area contributed by atoms with Crippen LogP contribution in [0.5, 0.6) is 5.75 Å². The number of aryl methyl sites for hydroxylation is 1. The first kappa shape index (κ1) is 28.0. The number of methoxy groups -OCH3 is 1. The lowest BCUT2D eigenvalue weighted by atomic mass is 10.2. The summed E-state index contributed by atoms with van der Waals surface area (Å²) in [7, 11) is 1.33. The van der Waals surface area contributed by atoms with E-state index in [1.807, 2.05) is 38.1 Å². The number of rotatable bonds is 7. The van der Waals surface area contributed by atoms with Gasteiger partial charge in [0.05, 0.1) is 24.2 Å². The molecule has 0 N–H and O–H groups in total. The molecular formula is C33H27ClN4O5. The van der Waals surface area contributed by atoms with Gasteiger partial charge in [0.25, 0.3) is 5.56 Å². The summed E-state index contributed by atoms with van der Waals surface area (Å²) in [5.41, 5.74) is 4.45. The van der Waals surface area contributed by atoms with Crippen LogP contribution in [-0.4, -0.2) is 39.6 Å². The van der Waals surface area contributed by atoms with Crippen LogP contribution < -0.4 is 10.3 Å². The van der Waals surface area contributed by atoms with Crippen molar-refractivity contribution < 1.29 is 18.7 Å². The number of carbonyl (C=O) groups is 1. The number of hydrogen-bond acceptors (Lipinski definition) is 7. The molecule has 10 heteroatoms. The fraction of sp³-hybridized carbons (Fsp3) is 0.152. The average molecular weight is 595 g/mol. The van der Waals surface area contributed by atoms with Gasteiger partial charge < -0.3 is 18.5 Å². The van der Waals surface area contributed by atoms with E-state index in [9.17, 15) is 9.59 Å². The van der Waals surface area contributed by atoms with Crippen molar-refractivity contribution in [1.82, 2.24) is 14.2 Å². The third-order valence-electron chi connectivity index (χ3n) is 7.18. The summed E-state index contributed by atoms with van der Waals surface area (Å²) in [6.07, 6.45) is 0.930. The second kappa shape index (κ2) is 11.3. The number of esters is 1. The van der Waals surface area contributed by atoms with Gasteiger partial charge in [-0.2, -0.15) is 9.78 Å². The number of benzene rings is 3. The van der Waals surface area contributed by atoms with Crippen molar-refractivity contribution in [2.75, 3.05) is 7.11 Å². The van der Waals surface area contributed by atoms with Gasteiger partial charge in [0.15, 0.2) is 11.9 Å². The number of fused-ring (bicyclic) bond motifs is 2. The van der Waals surface area contributed by atoms with Crippen LogP contribution in [-0.2, 0) is 9.53 Å². The summed E-state index contributed by atoms with van der Waals surface area (Å²) in [6, 6.07) is 23.7. The molecule has 3 aromatic heterocycles. The monoisotopic (exact) mass is 594 g/mol. The van der Waals surface area contributed by atoms with Crippen LogP contribution in [0.25, 0.3) is 39.1 Å². The Morgan fingerprint density at radius 2 is 1.81 bits per heavy atom. The normalized spacial score (nSPS) is 12.3. The van der Waals surface area contributed by atoms with Crippen molar-refractivity contribution in [3.63, 3.8) is 0 Å². The fourth-order valence-corrected chi connectivity index (χ4v) is 5.22. The minimum absolute atomic E-state index is 0.276. The lowest BCUT2D eigenvalue weighted by Gasteiger charge is -2.14. The Kier molecular flexibility index (Phi) is 7.33. The predicted octanol–water partition coefficient (Wildman–Crippen LogP) is 6.69. The molecule has 1 atom stereocenters. The maximum Gasteiger partial charge on any atom is 0.346 e. The minimum atomic E-state index is -0.719. The predicted molar refractivity (Wildman–Crippen MR) is 167 cm³/mol. The maximum absolute atomic E-state index is 13.7. The highest BCUT2D eigenvalue weighted by Gasteiger charge is 2.18. The number of nitrogens with zero attached hydrogens (tertiary/aromatic N) is 4. The topological polar surface area (TPSA) is 101 Å². The van der Waals surface area contributed by atoms with E-state index in [1.54, 1.807) is 67.7 Å². The highest BCUT2D eigenvalue weighted by Crippen LogP contribution is 2.29. The van der Waals surface area contributed by atoms with Gasteiger partial charge in [-0.1, -0.05) is 23.7 Å². The van der Waals surface area contributed by atoms with E-state index < -0.39 is 12.1 Å². The van der Waals surface area contributed by atoms with E-state index in [0.29, 0.717) is 33.0 Å². The van der Waals surface area contributed by atoms with Gasteiger partial charge in [0, 0.05) is 33.0 Å². The van der Waals surface area contributed by atoms with Gasteiger partial charge >= 0.3 is 5.97 Å². The third kappa shape index (κ3) is 5.30. The summed E-state index contributed by atoms with van der Waals surface area (Å²) in [5.74, 6) is 0.776. The Labute approximate surface area is 251 Å². The molecule has 0 aliphatic rings. The summed E-state index contributed by atoms with van der Waals surface area (Å²) < 4.78 is 19.8. The maximum atomic E-state index is 13.7. The summed E-state index contributed by atoms with van der Waals surface area (Å²) in [4.78, 5) is 30.1. The van der Waals surface area contributed by atoms with Crippen LogP contribution in [0, 0.1) is 13.8 Å². The number of ether oxygens (including phenoxy) is 2. The van der Waals surface area contributed by atoms with Gasteiger partial charge in [0.2, 0.25) is 5.82 Å². The zero-order valence-corrected chi connectivity index (χ0v) is 24.6. The zero-order chi connectivity index (χ0) is 30.2. The van der Waals surface area contributed by atoms with E-state index in [1.165, 1.54) is 11.8 Å². The lowest BCUT2D eigenvalue weighted by molar-refractivity contribution is -0.147. The Bertz CT molecular complexity index is 2090. The molecule has 0 spiro atoms. The molecule has 6 aromatic rings. The molecule has 0 aliphatic heterocycles. The molecule has 6 rings (SSSR count). The minimum Gasteiger partial charge on any atom is -0.479 e. The van der Waals surface area contributed by atoms with Gasteiger partial charge in [-0.15, -0.1) is 0 Å². The van der Waals surface area contributed by atoms with Crippen LogP contribution in [0.15, 0.2) is 93.2 Å². The number of aromatic nitrogens is 3. The van der Waals surface area contributed by atoms with Crippen molar-refractivity contribution in [1.29, 1.82) is 0 Å². The first-order valence-corrected chi connectivity index (χ1v) is 13.9. The Morgan fingerprint density at radius 3 is 2.58 bits per heavy atom. The number of halogens is 1. The number of hydrogen-bond donors (Lipinski definition) is 0. The van der Waals surface area contributed by atoms with Crippen LogP contribution >= 0.6 is 11.6 Å². The third-order valence-corrected chi connectivity index (χ3v) is 7.41. The molecule has 0 aliphatic carbocycles. The van der Waals surface area contributed by atoms with Crippen molar-refractivity contribution in [2.45, 2.75) is 26.9 Å². The molecule has 0 amide bonds. The van der Waals surface area contributed by atoms with E-state index >= 15 is 0 Å². The van der Waals surface area contributed by atoms with Crippen LogP contribution in [0.1, 0.15) is 23.9 Å². The summed E-state index contributed by atoms with van der Waals surface area (Å²) in [6.45, 7) is 5.60. The Morgan fingerprint density at radius 1 is 1.05 bits per heavy atom. The molecule has 216 valence electrons. The SMILES string of the molecule is COC(=O)[C@@H](C)Oc1ccc(-n2c(C)cc(C=Nn3c(-c4cc5cc(Cl)ccc5o4)nc4ccccc4c3=O)c2C)cc1. The van der Waals surface area contributed by atoms with Crippen molar-refractivity contribution >= 4 is 45.7 Å². The number of carbonyl (C=O) groups excluding carboxylic acids is 1. The van der Waals surface area contributed by atoms with Gasteiger partial charge in [-0.05, 0) is 87.5 Å². The van der Waals surface area contributed by atoms with Crippen LogP contribution in [0.3, 0.4) is 0 Å². The van der Waals surface area contributed by atoms with Gasteiger partial charge in [0.1, 0.15) is 11.3 Å². The second-order valence-corrected chi connectivity index (χ2v) is 10.5. The molecule has 3 aromatic carbocycles. The van der Waals surface area contributed by atoms with Crippen LogP contribution in [0.4, 0.5) is 0 Å². The van der Waals surface area contributed by atoms with Crippen molar-refractivity contribution in [3.8, 4) is 23.0 Å². The van der Waals surface area contributed by atoms with E-state index in [2.05, 4.69) is 9.67 Å². The quantitative estimate of drug-likeness (QED) is 0.151. The molecule has 9 nitrogen and oxygen atoms in total. The highest BCUT2D eigenvalue weighted by atomic mass is 35.5. The molecule has 0 saturated carbocycles. The standard InChI is InChI=1S/C33H27ClN4O5/c1-19-15-23(20(2)37(19)25-10-12-26(13-11-25)42-21(3)33(40)41-4)18-35-38-31(36-28-8-6-5-7-27(28)32(38)39)30-17-22-16-24(34)9-14-29(22)43-30/h5-18,21H,1-4H3/t21-/m1/s1. The smallest absolute Gasteiger partial charge is 0.346 e. The second-order valence-electron chi connectivity index (χ2n) is 10.0. The molecule has 0 saturated heterocycles. The largest absolute Gasteiger partial charge is 0.479 e. The first-order chi connectivity index (χ1) is 20.7. The molecule has 3 heterocycles. The molecule has 0 fully saturated rings. The lowest BCUT2D eigenvalue weighted by Crippen LogP contribution is -2.24. The van der Waals surface area contributed by atoms with E-state index in [0.717, 1.165) is 28.0 Å². The summed E-state index contributed by atoms with van der Waals surface area (Å²) >= 11 is 6.18. The molecule has 0 bridgehead atoms. The van der Waals surface area contributed by atoms with Crippen LogP contribution in [0.2, 0.25) is 5.02 Å². The molecular weight excluding hydrogens is 568 g/mol. The summed E-state index contributed by atoms with van der Waals surface area (Å²) in [5, 5.41) is 6.44. The van der Waals surface area contributed by atoms with Crippen molar-refractivity contribution in [2.24, 2.45) is 5.10 Å². The highest BCUT2D eigenvalue weighted by molar-refractivity contribution is 6.31.